The minimum atomic E-state index is -0.481. The fourth-order valence-electron chi connectivity index (χ4n) is 1.94. The Hall–Kier alpha value is -2.53. The van der Waals surface area contributed by atoms with Gasteiger partial charge < -0.3 is 0 Å². The van der Waals surface area contributed by atoms with Crippen LogP contribution in [0.25, 0.3) is 5.57 Å². The van der Waals surface area contributed by atoms with Crippen LogP contribution in [0.1, 0.15) is 29.2 Å². The lowest BCUT2D eigenvalue weighted by atomic mass is 10.0. The fourth-order valence-corrected chi connectivity index (χ4v) is 2.03. The molecule has 0 saturated heterocycles. The zero-order valence-corrected chi connectivity index (χ0v) is 13.2. The van der Waals surface area contributed by atoms with E-state index in [2.05, 4.69) is 40.8 Å². The van der Waals surface area contributed by atoms with E-state index >= 15 is 0 Å². The highest BCUT2D eigenvalue weighted by Gasteiger charge is 2.10. The van der Waals surface area contributed by atoms with Crippen molar-refractivity contribution >= 4 is 28.6 Å². The highest BCUT2D eigenvalue weighted by Crippen LogP contribution is 2.29. The molecular weight excluding hydrogens is 293 g/mol. The molecule has 0 bridgehead atoms. The summed E-state index contributed by atoms with van der Waals surface area (Å²) < 4.78 is 14.1. The molecule has 2 aromatic carbocycles. The quantitative estimate of drug-likeness (QED) is 0.416. The summed E-state index contributed by atoms with van der Waals surface area (Å²) in [5.41, 5.74) is 4.06. The van der Waals surface area contributed by atoms with Crippen molar-refractivity contribution in [1.29, 1.82) is 0 Å². The van der Waals surface area contributed by atoms with Gasteiger partial charge in [0.1, 0.15) is 5.69 Å². The van der Waals surface area contributed by atoms with Gasteiger partial charge in [-0.05, 0) is 55.9 Å². The van der Waals surface area contributed by atoms with Crippen molar-refractivity contribution in [3.8, 4) is 11.8 Å². The molecule has 0 unspecified atom stereocenters. The number of halogens is 1. The van der Waals surface area contributed by atoms with Crippen LogP contribution in [0, 0.1) is 24.6 Å². The second kappa shape index (κ2) is 6.95. The molecule has 2 aromatic rings. The van der Waals surface area contributed by atoms with Crippen LogP contribution in [0.4, 0.5) is 10.1 Å². The van der Waals surface area contributed by atoms with Crippen LogP contribution in [0.2, 0.25) is 0 Å². The molecule has 0 N–H and O–H groups in total. The molecule has 0 saturated carbocycles. The Morgan fingerprint density at radius 2 is 1.77 bits per heavy atom. The molecule has 0 radical (unpaired) electrons. The van der Waals surface area contributed by atoms with Crippen LogP contribution >= 0.6 is 12.2 Å². The Morgan fingerprint density at radius 3 is 2.36 bits per heavy atom. The number of isothiocyanates is 1. The average molecular weight is 307 g/mol. The van der Waals surface area contributed by atoms with Gasteiger partial charge in [-0.3, -0.25) is 0 Å². The van der Waals surface area contributed by atoms with Crippen molar-refractivity contribution in [2.24, 2.45) is 4.99 Å². The largest absolute Gasteiger partial charge is 0.205 e. The summed E-state index contributed by atoms with van der Waals surface area (Å²) in [7, 11) is 0. The molecule has 0 spiro atoms. The first-order valence-electron chi connectivity index (χ1n) is 6.67. The lowest BCUT2D eigenvalue weighted by Gasteiger charge is -2.06. The van der Waals surface area contributed by atoms with E-state index in [0.29, 0.717) is 16.7 Å². The van der Waals surface area contributed by atoms with E-state index in [9.17, 15) is 4.39 Å². The van der Waals surface area contributed by atoms with Crippen LogP contribution in [0.15, 0.2) is 48.0 Å². The summed E-state index contributed by atoms with van der Waals surface area (Å²) in [6.07, 6.45) is 0. The SMILES string of the molecule is C=C(C)c1cc(C#Cc2ccc(C)cc2)cc(F)c1N=C=S. The van der Waals surface area contributed by atoms with Gasteiger partial charge >= 0.3 is 0 Å². The first-order chi connectivity index (χ1) is 10.5. The molecule has 2 rings (SSSR count). The number of allylic oxidation sites excluding steroid dienone is 1. The smallest absolute Gasteiger partial charge is 0.151 e. The van der Waals surface area contributed by atoms with Crippen molar-refractivity contribution in [2.45, 2.75) is 13.8 Å². The summed E-state index contributed by atoms with van der Waals surface area (Å²) in [4.78, 5) is 3.78. The van der Waals surface area contributed by atoms with Crippen LogP contribution in [-0.2, 0) is 0 Å². The standard InChI is InChI=1S/C19H14FNS/c1-13(2)17-10-16(11-18(20)19(17)21-12-22)9-8-15-6-4-14(3)5-7-15/h4-7,10-11H,1H2,2-3H3. The van der Waals surface area contributed by atoms with Gasteiger partial charge in [-0.2, -0.15) is 4.99 Å². The highest BCUT2D eigenvalue weighted by atomic mass is 32.1. The third-order valence-corrected chi connectivity index (χ3v) is 3.17. The Kier molecular flexibility index (Phi) is 5.01. The lowest BCUT2D eigenvalue weighted by molar-refractivity contribution is 0.629. The van der Waals surface area contributed by atoms with Crippen molar-refractivity contribution in [2.75, 3.05) is 0 Å². The van der Waals surface area contributed by atoms with Gasteiger partial charge in [0.15, 0.2) is 5.82 Å². The molecule has 0 heterocycles. The van der Waals surface area contributed by atoms with Gasteiger partial charge in [-0.15, -0.1) is 0 Å². The number of rotatable bonds is 2. The number of aryl methyl sites for hydroxylation is 1. The first-order valence-corrected chi connectivity index (χ1v) is 7.08. The van der Waals surface area contributed by atoms with Crippen molar-refractivity contribution in [3.63, 3.8) is 0 Å². The molecule has 0 fully saturated rings. The topological polar surface area (TPSA) is 12.4 Å². The van der Waals surface area contributed by atoms with E-state index in [1.54, 1.807) is 13.0 Å². The Bertz CT molecular complexity index is 832. The van der Waals surface area contributed by atoms with Gasteiger partial charge in [-0.1, -0.05) is 36.1 Å². The second-order valence-electron chi connectivity index (χ2n) is 4.95. The predicted octanol–water partition coefficient (Wildman–Crippen LogP) is 5.30. The van der Waals surface area contributed by atoms with Crippen LogP contribution < -0.4 is 0 Å². The van der Waals surface area contributed by atoms with Crippen LogP contribution in [-0.4, -0.2) is 5.16 Å². The van der Waals surface area contributed by atoms with E-state index < -0.39 is 5.82 Å². The summed E-state index contributed by atoms with van der Waals surface area (Å²) in [5, 5.41) is 2.19. The number of nitrogens with zero attached hydrogens (tertiary/aromatic N) is 1. The maximum absolute atomic E-state index is 14.1. The second-order valence-corrected chi connectivity index (χ2v) is 5.14. The highest BCUT2D eigenvalue weighted by molar-refractivity contribution is 7.78. The van der Waals surface area contributed by atoms with Gasteiger partial charge in [0, 0.05) is 16.7 Å². The molecule has 0 aliphatic heterocycles. The number of benzene rings is 2. The molecule has 3 heteroatoms. The molecule has 1 nitrogen and oxygen atoms in total. The zero-order valence-electron chi connectivity index (χ0n) is 12.4. The Balaban J connectivity index is 2.47. The molecule has 0 aliphatic rings. The third kappa shape index (κ3) is 3.77. The maximum atomic E-state index is 14.1. The molecule has 0 amide bonds. The van der Waals surface area contributed by atoms with E-state index in [1.807, 2.05) is 31.2 Å². The van der Waals surface area contributed by atoms with Gasteiger partial charge in [0.2, 0.25) is 0 Å². The monoisotopic (exact) mass is 307 g/mol. The van der Waals surface area contributed by atoms with Crippen molar-refractivity contribution in [3.05, 3.63) is 71.0 Å². The van der Waals surface area contributed by atoms with E-state index in [4.69, 9.17) is 0 Å². The average Bonchev–Trinajstić information content (AvgIpc) is 2.49. The first kappa shape index (κ1) is 15.9. The molecule has 108 valence electrons. The molecule has 0 aromatic heterocycles. The summed E-state index contributed by atoms with van der Waals surface area (Å²) >= 11 is 4.56. The normalized spacial score (nSPS) is 9.41. The minimum absolute atomic E-state index is 0.156. The van der Waals surface area contributed by atoms with E-state index in [0.717, 1.165) is 5.56 Å². The van der Waals surface area contributed by atoms with Crippen LogP contribution in [0.3, 0.4) is 0 Å². The Morgan fingerprint density at radius 1 is 1.14 bits per heavy atom. The zero-order chi connectivity index (χ0) is 16.1. The lowest BCUT2D eigenvalue weighted by Crippen LogP contribution is -1.88. The number of hydrogen-bond acceptors (Lipinski definition) is 2. The third-order valence-electron chi connectivity index (χ3n) is 3.08. The van der Waals surface area contributed by atoms with E-state index in [1.165, 1.54) is 11.6 Å². The van der Waals surface area contributed by atoms with Crippen molar-refractivity contribution < 1.29 is 4.39 Å². The number of hydrogen-bond donors (Lipinski definition) is 0. The number of thiocarbonyl (C=S) groups is 1. The molecule has 0 aliphatic carbocycles. The van der Waals surface area contributed by atoms with Gasteiger partial charge in [-0.25, -0.2) is 4.39 Å². The van der Waals surface area contributed by atoms with E-state index in [-0.39, 0.29) is 5.69 Å². The summed E-state index contributed by atoms with van der Waals surface area (Å²) in [6, 6.07) is 11.0. The fraction of sp³-hybridized carbons (Fsp3) is 0.105. The number of aliphatic imine (C=N–C) groups is 1. The van der Waals surface area contributed by atoms with Gasteiger partial charge in [0.25, 0.3) is 0 Å². The van der Waals surface area contributed by atoms with Crippen molar-refractivity contribution in [1.82, 2.24) is 0 Å². The maximum Gasteiger partial charge on any atom is 0.151 e. The van der Waals surface area contributed by atoms with Crippen LogP contribution in [0.5, 0.6) is 0 Å². The summed E-state index contributed by atoms with van der Waals surface area (Å²) in [5.74, 6) is 5.51. The molecular formula is C19H14FNS. The molecule has 22 heavy (non-hydrogen) atoms. The molecule has 0 atom stereocenters. The van der Waals surface area contributed by atoms with Gasteiger partial charge in [0.05, 0.1) is 5.16 Å². The minimum Gasteiger partial charge on any atom is -0.205 e. The summed E-state index contributed by atoms with van der Waals surface area (Å²) in [6.45, 7) is 7.64. The predicted molar refractivity (Wildman–Crippen MR) is 93.0 cm³/mol. The Labute approximate surface area is 135 Å².